The van der Waals surface area contributed by atoms with Crippen LogP contribution in [0.3, 0.4) is 0 Å². The molecular formula is C14H18N2O3. The number of hydrogen-bond donors (Lipinski definition) is 1. The minimum atomic E-state index is -0.196. The summed E-state index contributed by atoms with van der Waals surface area (Å²) in [5.41, 5.74) is 0. The topological polar surface area (TPSA) is 62.6 Å². The van der Waals surface area contributed by atoms with Crippen LogP contribution in [-0.4, -0.2) is 22.8 Å². The Morgan fingerprint density at radius 2 is 2.05 bits per heavy atom. The van der Waals surface area contributed by atoms with Crippen molar-refractivity contribution in [3.63, 3.8) is 0 Å². The number of nitrogens with zero attached hydrogens (tertiary/aromatic N) is 1. The Hall–Kier alpha value is -1.62. The SMILES string of the molecule is CC1CC(=O)N(Cc2ccc(CNC3CC3)o2)C1=O. The van der Waals surface area contributed by atoms with Gasteiger partial charge in [-0.1, -0.05) is 6.92 Å². The maximum Gasteiger partial charge on any atom is 0.232 e. The molecule has 1 unspecified atom stereocenters. The van der Waals surface area contributed by atoms with Crippen LogP contribution in [0.1, 0.15) is 37.7 Å². The lowest BCUT2D eigenvalue weighted by Gasteiger charge is -2.12. The number of carbonyl (C=O) groups is 2. The second-order valence-corrected chi connectivity index (χ2v) is 5.45. The Morgan fingerprint density at radius 3 is 2.68 bits per heavy atom. The fourth-order valence-corrected chi connectivity index (χ4v) is 2.30. The third-order valence-corrected chi connectivity index (χ3v) is 3.64. The summed E-state index contributed by atoms with van der Waals surface area (Å²) in [4.78, 5) is 24.8. The predicted molar refractivity (Wildman–Crippen MR) is 67.9 cm³/mol. The first-order chi connectivity index (χ1) is 9.13. The summed E-state index contributed by atoms with van der Waals surface area (Å²) in [6, 6.07) is 4.38. The number of likely N-dealkylation sites (tertiary alicyclic amines) is 1. The minimum absolute atomic E-state index is 0.0981. The van der Waals surface area contributed by atoms with Crippen LogP contribution in [0.25, 0.3) is 0 Å². The van der Waals surface area contributed by atoms with E-state index in [1.54, 1.807) is 6.92 Å². The van der Waals surface area contributed by atoms with Crippen molar-refractivity contribution >= 4 is 11.8 Å². The smallest absolute Gasteiger partial charge is 0.232 e. The highest BCUT2D eigenvalue weighted by atomic mass is 16.3. The number of imide groups is 1. The maximum atomic E-state index is 11.8. The van der Waals surface area contributed by atoms with Crippen molar-refractivity contribution in [1.82, 2.24) is 10.2 Å². The van der Waals surface area contributed by atoms with Crippen molar-refractivity contribution in [3.8, 4) is 0 Å². The molecule has 19 heavy (non-hydrogen) atoms. The van der Waals surface area contributed by atoms with E-state index in [1.807, 2.05) is 12.1 Å². The predicted octanol–water partition coefficient (Wildman–Crippen LogP) is 1.43. The lowest BCUT2D eigenvalue weighted by Crippen LogP contribution is -2.29. The van der Waals surface area contributed by atoms with E-state index >= 15 is 0 Å². The molecule has 0 aromatic carbocycles. The fraction of sp³-hybridized carbons (Fsp3) is 0.571. The van der Waals surface area contributed by atoms with Gasteiger partial charge in [0.05, 0.1) is 13.1 Å². The molecule has 1 aliphatic heterocycles. The number of hydrogen-bond acceptors (Lipinski definition) is 4. The lowest BCUT2D eigenvalue weighted by atomic mass is 10.1. The second-order valence-electron chi connectivity index (χ2n) is 5.45. The van der Waals surface area contributed by atoms with E-state index in [0.29, 0.717) is 24.8 Å². The zero-order valence-corrected chi connectivity index (χ0v) is 11.0. The van der Waals surface area contributed by atoms with Gasteiger partial charge in [-0.2, -0.15) is 0 Å². The van der Waals surface area contributed by atoms with Gasteiger partial charge in [0.1, 0.15) is 11.5 Å². The van der Waals surface area contributed by atoms with Gasteiger partial charge in [-0.25, -0.2) is 0 Å². The van der Waals surface area contributed by atoms with Gasteiger partial charge in [-0.05, 0) is 25.0 Å². The Labute approximate surface area is 111 Å². The molecule has 1 aliphatic carbocycles. The molecule has 1 saturated carbocycles. The summed E-state index contributed by atoms with van der Waals surface area (Å²) in [6.45, 7) is 2.75. The van der Waals surface area contributed by atoms with E-state index < -0.39 is 0 Å². The first-order valence-electron chi connectivity index (χ1n) is 6.78. The summed E-state index contributed by atoms with van der Waals surface area (Å²) in [6.07, 6.45) is 2.79. The average Bonchev–Trinajstić information content (AvgIpc) is 3.06. The molecule has 2 amide bonds. The minimum Gasteiger partial charge on any atom is -0.463 e. The molecule has 0 spiro atoms. The highest BCUT2D eigenvalue weighted by Gasteiger charge is 2.35. The zero-order valence-electron chi connectivity index (χ0n) is 11.0. The van der Waals surface area contributed by atoms with Crippen LogP contribution >= 0.6 is 0 Å². The summed E-state index contributed by atoms with van der Waals surface area (Å²) in [7, 11) is 0. The van der Waals surface area contributed by atoms with Gasteiger partial charge in [0.25, 0.3) is 0 Å². The zero-order chi connectivity index (χ0) is 13.4. The van der Waals surface area contributed by atoms with Crippen LogP contribution in [0.2, 0.25) is 0 Å². The Morgan fingerprint density at radius 1 is 1.32 bits per heavy atom. The van der Waals surface area contributed by atoms with Crippen molar-refractivity contribution in [2.75, 3.05) is 0 Å². The number of carbonyl (C=O) groups excluding carboxylic acids is 2. The molecule has 2 heterocycles. The van der Waals surface area contributed by atoms with Crippen LogP contribution in [-0.2, 0) is 22.7 Å². The first kappa shape index (κ1) is 12.4. The van der Waals surface area contributed by atoms with E-state index in [2.05, 4.69) is 5.32 Å². The van der Waals surface area contributed by atoms with Gasteiger partial charge in [0.15, 0.2) is 0 Å². The summed E-state index contributed by atoms with van der Waals surface area (Å²) in [5.74, 6) is 1.13. The van der Waals surface area contributed by atoms with Crippen LogP contribution in [0, 0.1) is 5.92 Å². The Balaban J connectivity index is 1.59. The molecule has 5 nitrogen and oxygen atoms in total. The van der Waals surface area contributed by atoms with Crippen molar-refractivity contribution in [3.05, 3.63) is 23.7 Å². The van der Waals surface area contributed by atoms with Crippen molar-refractivity contribution in [2.24, 2.45) is 5.92 Å². The molecule has 2 aliphatic rings. The maximum absolute atomic E-state index is 11.8. The number of furan rings is 1. The fourth-order valence-electron chi connectivity index (χ4n) is 2.30. The second kappa shape index (κ2) is 4.81. The van der Waals surface area contributed by atoms with Crippen LogP contribution in [0.15, 0.2) is 16.5 Å². The number of amides is 2. The number of nitrogens with one attached hydrogen (secondary N) is 1. The molecular weight excluding hydrogens is 244 g/mol. The van der Waals surface area contributed by atoms with E-state index in [1.165, 1.54) is 17.7 Å². The summed E-state index contributed by atoms with van der Waals surface area (Å²) >= 11 is 0. The van der Waals surface area contributed by atoms with Gasteiger partial charge in [0, 0.05) is 18.4 Å². The highest BCUT2D eigenvalue weighted by molar-refractivity contribution is 6.03. The standard InChI is InChI=1S/C14H18N2O3/c1-9-6-13(17)16(14(9)18)8-12-5-4-11(19-12)7-15-10-2-3-10/h4-5,9-10,15H,2-3,6-8H2,1H3. The van der Waals surface area contributed by atoms with Crippen LogP contribution in [0.4, 0.5) is 0 Å². The van der Waals surface area contributed by atoms with Gasteiger partial charge < -0.3 is 9.73 Å². The quantitative estimate of drug-likeness (QED) is 0.815. The average molecular weight is 262 g/mol. The molecule has 0 radical (unpaired) electrons. The van der Waals surface area contributed by atoms with Gasteiger partial charge >= 0.3 is 0 Å². The Bertz CT molecular complexity index is 505. The third kappa shape index (κ3) is 2.71. The Kier molecular flexibility index (Phi) is 3.14. The first-order valence-corrected chi connectivity index (χ1v) is 6.78. The summed E-state index contributed by atoms with van der Waals surface area (Å²) in [5, 5.41) is 3.36. The summed E-state index contributed by atoms with van der Waals surface area (Å²) < 4.78 is 5.65. The molecule has 102 valence electrons. The van der Waals surface area contributed by atoms with Crippen LogP contribution in [0.5, 0.6) is 0 Å². The van der Waals surface area contributed by atoms with Crippen molar-refractivity contribution in [1.29, 1.82) is 0 Å². The van der Waals surface area contributed by atoms with Crippen molar-refractivity contribution < 1.29 is 14.0 Å². The molecule has 1 saturated heterocycles. The van der Waals surface area contributed by atoms with Gasteiger partial charge in [-0.3, -0.25) is 14.5 Å². The lowest BCUT2D eigenvalue weighted by molar-refractivity contribution is -0.140. The molecule has 3 rings (SSSR count). The monoisotopic (exact) mass is 262 g/mol. The molecule has 2 fully saturated rings. The van der Waals surface area contributed by atoms with Crippen LogP contribution < -0.4 is 5.32 Å². The molecule has 1 aromatic rings. The van der Waals surface area contributed by atoms with Crippen molar-refractivity contribution in [2.45, 2.75) is 45.3 Å². The molecule has 0 bridgehead atoms. The molecule has 1 atom stereocenters. The third-order valence-electron chi connectivity index (χ3n) is 3.64. The van der Waals surface area contributed by atoms with Gasteiger partial charge in [0.2, 0.25) is 11.8 Å². The van der Waals surface area contributed by atoms with E-state index in [-0.39, 0.29) is 24.3 Å². The van der Waals surface area contributed by atoms with E-state index in [4.69, 9.17) is 4.42 Å². The molecule has 1 N–H and O–H groups in total. The normalized spacial score (nSPS) is 23.4. The molecule has 1 aromatic heterocycles. The largest absolute Gasteiger partial charge is 0.463 e. The number of rotatable bonds is 5. The van der Waals surface area contributed by atoms with Gasteiger partial charge in [-0.15, -0.1) is 0 Å². The molecule has 5 heteroatoms. The van der Waals surface area contributed by atoms with E-state index in [0.717, 1.165) is 5.76 Å². The highest BCUT2D eigenvalue weighted by Crippen LogP contribution is 2.23. The van der Waals surface area contributed by atoms with E-state index in [9.17, 15) is 9.59 Å².